The van der Waals surface area contributed by atoms with Gasteiger partial charge >= 0.3 is 6.09 Å². The van der Waals surface area contributed by atoms with Crippen LogP contribution in [0.1, 0.15) is 46.5 Å². The summed E-state index contributed by atoms with van der Waals surface area (Å²) in [6, 6.07) is -0.00182. The highest BCUT2D eigenvalue weighted by atomic mass is 16.6. The Morgan fingerprint density at radius 3 is 2.39 bits per heavy atom. The van der Waals surface area contributed by atoms with Crippen LogP contribution in [0.25, 0.3) is 0 Å². The van der Waals surface area contributed by atoms with Gasteiger partial charge in [-0.05, 0) is 40.0 Å². The normalized spacial score (nSPS) is 32.0. The number of carbonyl (C=O) groups excluding carboxylic acids is 3. The second-order valence-electron chi connectivity index (χ2n) is 7.68. The van der Waals surface area contributed by atoms with Crippen LogP contribution in [0.5, 0.6) is 0 Å². The molecule has 7 heteroatoms. The standard InChI is InChI=1S/C16H25N3O4/c1-16(2,3)23-15(22)19-9-10-4-5-11(19)8-18(10)12-6-7-13(20)17-14(12)21/h10-12H,4-9H2,1-3H3,(H,17,20,21)/t10?,11-,12?/m1/s1. The topological polar surface area (TPSA) is 79.0 Å². The molecule has 3 amide bonds. The van der Waals surface area contributed by atoms with Gasteiger partial charge in [0.25, 0.3) is 0 Å². The van der Waals surface area contributed by atoms with Gasteiger partial charge in [-0.2, -0.15) is 0 Å². The third kappa shape index (κ3) is 3.34. The summed E-state index contributed by atoms with van der Waals surface area (Å²) in [6.45, 7) is 6.86. The van der Waals surface area contributed by atoms with Gasteiger partial charge in [-0.1, -0.05) is 0 Å². The molecule has 4 aliphatic heterocycles. The molecule has 0 aromatic carbocycles. The zero-order chi connectivity index (χ0) is 16.8. The summed E-state index contributed by atoms with van der Waals surface area (Å²) in [6.07, 6.45) is 2.60. The van der Waals surface area contributed by atoms with Crippen molar-refractivity contribution < 1.29 is 19.1 Å². The van der Waals surface area contributed by atoms with Crippen molar-refractivity contribution in [1.82, 2.24) is 15.1 Å². The minimum Gasteiger partial charge on any atom is -0.444 e. The van der Waals surface area contributed by atoms with Gasteiger partial charge in [-0.25, -0.2) is 4.79 Å². The first-order chi connectivity index (χ1) is 10.7. The number of fused-ring (bicyclic) bond motifs is 3. The van der Waals surface area contributed by atoms with Gasteiger partial charge in [-0.15, -0.1) is 0 Å². The molecule has 0 aromatic heterocycles. The smallest absolute Gasteiger partial charge is 0.410 e. The van der Waals surface area contributed by atoms with Gasteiger partial charge in [0, 0.05) is 31.6 Å². The lowest BCUT2D eigenvalue weighted by molar-refractivity contribution is -0.141. The van der Waals surface area contributed by atoms with Crippen molar-refractivity contribution in [3.05, 3.63) is 0 Å². The van der Waals surface area contributed by atoms with Gasteiger partial charge in [0.05, 0.1) is 6.04 Å². The zero-order valence-electron chi connectivity index (χ0n) is 14.0. The first-order valence-electron chi connectivity index (χ1n) is 8.33. The summed E-state index contributed by atoms with van der Waals surface area (Å²) in [5, 5.41) is 2.43. The Morgan fingerprint density at radius 1 is 1.13 bits per heavy atom. The molecule has 128 valence electrons. The minimum absolute atomic E-state index is 0.0836. The van der Waals surface area contributed by atoms with E-state index in [0.717, 1.165) is 12.8 Å². The van der Waals surface area contributed by atoms with E-state index in [1.165, 1.54) is 0 Å². The molecule has 1 N–H and O–H groups in total. The van der Waals surface area contributed by atoms with Crippen LogP contribution in [0.15, 0.2) is 0 Å². The zero-order valence-corrected chi connectivity index (χ0v) is 14.0. The molecule has 0 aromatic rings. The van der Waals surface area contributed by atoms with Gasteiger partial charge < -0.3 is 9.64 Å². The maximum atomic E-state index is 12.4. The molecule has 3 atom stereocenters. The Labute approximate surface area is 136 Å². The van der Waals surface area contributed by atoms with Crippen molar-refractivity contribution in [3.63, 3.8) is 0 Å². The number of nitrogens with zero attached hydrogens (tertiary/aromatic N) is 2. The molecule has 0 spiro atoms. The molecule has 0 radical (unpaired) electrons. The molecular formula is C16H25N3O4. The predicted octanol–water partition coefficient (Wildman–Crippen LogP) is 0.875. The van der Waals surface area contributed by atoms with E-state index in [1.54, 1.807) is 0 Å². The molecule has 4 aliphatic rings. The van der Waals surface area contributed by atoms with Gasteiger partial charge in [0.1, 0.15) is 5.60 Å². The maximum absolute atomic E-state index is 12.4. The molecule has 0 saturated carbocycles. The molecule has 2 bridgehead atoms. The van der Waals surface area contributed by atoms with Crippen LogP contribution in [0, 0.1) is 0 Å². The fraction of sp³-hybridized carbons (Fsp3) is 0.812. The van der Waals surface area contributed by atoms with E-state index in [4.69, 9.17) is 4.74 Å². The highest BCUT2D eigenvalue weighted by molar-refractivity contribution is 6.00. The van der Waals surface area contributed by atoms with E-state index in [1.807, 2.05) is 25.7 Å². The van der Waals surface area contributed by atoms with Gasteiger partial charge in [-0.3, -0.25) is 19.8 Å². The van der Waals surface area contributed by atoms with E-state index >= 15 is 0 Å². The lowest BCUT2D eigenvalue weighted by Crippen LogP contribution is -2.68. The van der Waals surface area contributed by atoms with Crippen LogP contribution in [0.2, 0.25) is 0 Å². The number of nitrogens with one attached hydrogen (secondary N) is 1. The van der Waals surface area contributed by atoms with Gasteiger partial charge in [0.2, 0.25) is 11.8 Å². The lowest BCUT2D eigenvalue weighted by Gasteiger charge is -2.53. The molecule has 4 fully saturated rings. The Morgan fingerprint density at radius 2 is 1.83 bits per heavy atom. The molecule has 0 aliphatic carbocycles. The molecular weight excluding hydrogens is 298 g/mol. The van der Waals surface area contributed by atoms with E-state index < -0.39 is 5.60 Å². The van der Waals surface area contributed by atoms with Crippen molar-refractivity contribution in [3.8, 4) is 0 Å². The fourth-order valence-electron chi connectivity index (χ4n) is 3.79. The van der Waals surface area contributed by atoms with Crippen molar-refractivity contribution in [2.45, 2.75) is 70.2 Å². The molecule has 4 saturated heterocycles. The average molecular weight is 323 g/mol. The highest BCUT2D eigenvalue weighted by Crippen LogP contribution is 2.33. The summed E-state index contributed by atoms with van der Waals surface area (Å²) in [5.74, 6) is -0.388. The number of ether oxygens (including phenoxy) is 1. The second kappa shape index (κ2) is 5.78. The van der Waals surface area contributed by atoms with Crippen LogP contribution in [0.4, 0.5) is 4.79 Å². The van der Waals surface area contributed by atoms with Crippen LogP contribution in [-0.4, -0.2) is 64.5 Å². The largest absolute Gasteiger partial charge is 0.444 e. The van der Waals surface area contributed by atoms with E-state index in [0.29, 0.717) is 25.9 Å². The Hall–Kier alpha value is -1.63. The van der Waals surface area contributed by atoms with Crippen LogP contribution in [0.3, 0.4) is 0 Å². The molecule has 7 nitrogen and oxygen atoms in total. The number of amides is 3. The molecule has 2 unspecified atom stereocenters. The van der Waals surface area contributed by atoms with Crippen LogP contribution in [-0.2, 0) is 14.3 Å². The quantitative estimate of drug-likeness (QED) is 0.725. The number of piperazine rings is 1. The molecule has 23 heavy (non-hydrogen) atoms. The van der Waals surface area contributed by atoms with Gasteiger partial charge in [0.15, 0.2) is 0 Å². The van der Waals surface area contributed by atoms with E-state index in [-0.39, 0.29) is 36.0 Å². The average Bonchev–Trinajstić information content (AvgIpc) is 2.45. The number of rotatable bonds is 1. The number of hydrogen-bond acceptors (Lipinski definition) is 5. The first kappa shape index (κ1) is 16.2. The van der Waals surface area contributed by atoms with Crippen molar-refractivity contribution in [2.75, 3.05) is 13.1 Å². The number of hydrogen-bond donors (Lipinski definition) is 1. The SMILES string of the molecule is CC(C)(C)OC(=O)N1CC2CC[C@@H]1CN2C1CCC(=O)NC1=O. The predicted molar refractivity (Wildman–Crippen MR) is 82.6 cm³/mol. The second-order valence-corrected chi connectivity index (χ2v) is 7.68. The first-order valence-corrected chi connectivity index (χ1v) is 8.33. The van der Waals surface area contributed by atoms with Crippen LogP contribution >= 0.6 is 0 Å². The summed E-state index contributed by atoms with van der Waals surface area (Å²) < 4.78 is 5.49. The summed E-state index contributed by atoms with van der Waals surface area (Å²) >= 11 is 0. The van der Waals surface area contributed by atoms with E-state index in [9.17, 15) is 14.4 Å². The third-order valence-electron chi connectivity index (χ3n) is 4.81. The Kier molecular flexibility index (Phi) is 4.08. The van der Waals surface area contributed by atoms with Crippen LogP contribution < -0.4 is 5.32 Å². The summed E-state index contributed by atoms with van der Waals surface area (Å²) in [7, 11) is 0. The Bertz CT molecular complexity index is 528. The number of piperidine rings is 3. The van der Waals surface area contributed by atoms with E-state index in [2.05, 4.69) is 10.2 Å². The maximum Gasteiger partial charge on any atom is 0.410 e. The van der Waals surface area contributed by atoms with Crippen molar-refractivity contribution >= 4 is 17.9 Å². The minimum atomic E-state index is -0.503. The summed E-state index contributed by atoms with van der Waals surface area (Å²) in [4.78, 5) is 39.8. The Balaban J connectivity index is 1.66. The number of imide groups is 1. The fourth-order valence-corrected chi connectivity index (χ4v) is 3.79. The lowest BCUT2D eigenvalue weighted by atomic mass is 9.88. The number of carbonyl (C=O) groups is 3. The van der Waals surface area contributed by atoms with Crippen molar-refractivity contribution in [2.24, 2.45) is 0 Å². The third-order valence-corrected chi connectivity index (χ3v) is 4.81. The molecule has 4 rings (SSSR count). The monoisotopic (exact) mass is 323 g/mol. The summed E-state index contributed by atoms with van der Waals surface area (Å²) in [5.41, 5.74) is -0.503. The highest BCUT2D eigenvalue weighted by Gasteiger charge is 2.46. The molecule has 4 heterocycles. The van der Waals surface area contributed by atoms with Crippen molar-refractivity contribution in [1.29, 1.82) is 0 Å².